The zero-order chi connectivity index (χ0) is 23.8. The highest BCUT2D eigenvalue weighted by Gasteiger charge is 2.27. The van der Waals surface area contributed by atoms with E-state index in [2.05, 4.69) is 17.2 Å². The smallest absolute Gasteiger partial charge is 0.280 e. The maximum Gasteiger partial charge on any atom is 0.280 e. The lowest BCUT2D eigenvalue weighted by Gasteiger charge is -2.26. The fraction of sp³-hybridized carbons (Fsp3) is 0.480. The van der Waals surface area contributed by atoms with Gasteiger partial charge >= 0.3 is 0 Å². The molecule has 0 unspecified atom stereocenters. The largest absolute Gasteiger partial charge is 0.386 e. The third-order valence-corrected chi connectivity index (χ3v) is 7.63. The minimum Gasteiger partial charge on any atom is -0.386 e. The van der Waals surface area contributed by atoms with Gasteiger partial charge in [-0.1, -0.05) is 19.4 Å². The monoisotopic (exact) mass is 473 g/mol. The molecule has 2 N–H and O–H groups in total. The number of hydrogen-bond acceptors (Lipinski definition) is 5. The van der Waals surface area contributed by atoms with Gasteiger partial charge in [-0.3, -0.25) is 4.79 Å². The number of carbonyl (C=O) groups excluding carboxylic acids is 1. The van der Waals surface area contributed by atoms with Crippen molar-refractivity contribution in [2.75, 3.05) is 5.32 Å². The van der Waals surface area contributed by atoms with Gasteiger partial charge in [-0.15, -0.1) is 11.3 Å². The van der Waals surface area contributed by atoms with Gasteiger partial charge in [-0.05, 0) is 69.7 Å². The van der Waals surface area contributed by atoms with Crippen molar-refractivity contribution in [2.24, 2.45) is 5.92 Å². The highest BCUT2D eigenvalue weighted by Crippen LogP contribution is 2.41. The first kappa shape index (κ1) is 23.7. The summed E-state index contributed by atoms with van der Waals surface area (Å²) in [6, 6.07) is 7.58. The van der Waals surface area contributed by atoms with E-state index in [4.69, 9.17) is 4.98 Å². The molecule has 0 bridgehead atoms. The average molecular weight is 474 g/mol. The first-order chi connectivity index (χ1) is 15.7. The van der Waals surface area contributed by atoms with Crippen LogP contribution in [0.2, 0.25) is 0 Å². The number of aromatic nitrogens is 2. The number of benzene rings is 1. The molecule has 0 aliphatic heterocycles. The van der Waals surface area contributed by atoms with E-state index in [-0.39, 0.29) is 5.69 Å². The molecule has 0 atom stereocenters. The number of fused-ring (bicyclic) bond motifs is 1. The summed E-state index contributed by atoms with van der Waals surface area (Å²) < 4.78 is 26.9. The van der Waals surface area contributed by atoms with E-state index in [1.54, 1.807) is 25.2 Å². The van der Waals surface area contributed by atoms with Gasteiger partial charge in [0.1, 0.15) is 11.4 Å². The Hall–Kier alpha value is -2.45. The fourth-order valence-electron chi connectivity index (χ4n) is 4.48. The van der Waals surface area contributed by atoms with Crippen molar-refractivity contribution in [2.45, 2.75) is 70.8 Å². The molecule has 1 saturated carbocycles. The Morgan fingerprint density at radius 2 is 1.94 bits per heavy atom. The zero-order valence-corrected chi connectivity index (χ0v) is 19.9. The molecule has 1 amide bonds. The molecule has 176 valence electrons. The second-order valence-corrected chi connectivity index (χ2v) is 10.4. The third kappa shape index (κ3) is 5.22. The topological polar surface area (TPSA) is 75.1 Å². The Morgan fingerprint density at radius 1 is 1.21 bits per heavy atom. The van der Waals surface area contributed by atoms with Crippen LogP contribution in [0.3, 0.4) is 0 Å². The van der Waals surface area contributed by atoms with Crippen LogP contribution < -0.4 is 5.32 Å². The van der Waals surface area contributed by atoms with E-state index in [9.17, 15) is 18.7 Å². The second-order valence-electron chi connectivity index (χ2n) is 9.31. The summed E-state index contributed by atoms with van der Waals surface area (Å²) in [5, 5.41) is 14.6. The molecule has 0 spiro atoms. The maximum atomic E-state index is 13.0. The van der Waals surface area contributed by atoms with Crippen molar-refractivity contribution in [1.29, 1.82) is 0 Å². The number of carbonyl (C=O) groups is 1. The van der Waals surface area contributed by atoms with E-state index in [1.165, 1.54) is 37.5 Å². The molecule has 1 fully saturated rings. The Bertz CT molecular complexity index is 1150. The molecule has 0 saturated heterocycles. The molecular weight excluding hydrogens is 444 g/mol. The van der Waals surface area contributed by atoms with E-state index in [1.807, 2.05) is 12.1 Å². The second kappa shape index (κ2) is 9.43. The molecule has 2 heterocycles. The molecule has 3 aromatic rings. The van der Waals surface area contributed by atoms with E-state index >= 15 is 0 Å². The molecule has 2 aromatic heterocycles. The number of aliphatic hydroxyl groups is 1. The Labute approximate surface area is 196 Å². The number of rotatable bonds is 6. The number of anilines is 1. The summed E-state index contributed by atoms with van der Waals surface area (Å²) in [6.45, 7) is 5.52. The summed E-state index contributed by atoms with van der Waals surface area (Å²) >= 11 is 1.62. The van der Waals surface area contributed by atoms with Gasteiger partial charge in [0.25, 0.3) is 12.3 Å². The van der Waals surface area contributed by atoms with Crippen LogP contribution in [0.5, 0.6) is 0 Å². The normalized spacial score (nSPS) is 19.2. The average Bonchev–Trinajstić information content (AvgIpc) is 3.21. The summed E-state index contributed by atoms with van der Waals surface area (Å²) in [6.07, 6.45) is 3.16. The molecule has 8 heteroatoms. The van der Waals surface area contributed by atoms with Crippen LogP contribution >= 0.6 is 11.3 Å². The van der Waals surface area contributed by atoms with Crippen LogP contribution in [0.25, 0.3) is 10.2 Å². The molecule has 33 heavy (non-hydrogen) atoms. The Balaban J connectivity index is 1.65. The van der Waals surface area contributed by atoms with Gasteiger partial charge in [0.15, 0.2) is 0 Å². The Kier molecular flexibility index (Phi) is 6.77. The Morgan fingerprint density at radius 3 is 2.58 bits per heavy atom. The molecule has 5 nitrogen and oxygen atoms in total. The number of pyridine rings is 1. The van der Waals surface area contributed by atoms with Crippen molar-refractivity contribution < 1.29 is 18.7 Å². The van der Waals surface area contributed by atoms with Crippen LogP contribution in [0, 0.1) is 5.92 Å². The molecular formula is C25H29F2N3O2S. The lowest BCUT2D eigenvalue weighted by Crippen LogP contribution is -2.21. The van der Waals surface area contributed by atoms with Gasteiger partial charge in [0.2, 0.25) is 0 Å². The lowest BCUT2D eigenvalue weighted by atomic mass is 9.81. The van der Waals surface area contributed by atoms with Crippen molar-refractivity contribution in [3.8, 4) is 0 Å². The molecule has 4 rings (SSSR count). The minimum absolute atomic E-state index is 0.104. The maximum absolute atomic E-state index is 13.0. The standard InChI is InChI=1S/C25H29F2N3O2S/c1-4-14-8-10-15(11-9-14)24-30-20-12-16(25(2,3)32)19(13-21(20)33-24)29-23(31)18-7-5-6-17(28-18)22(26)27/h5-7,12-15,22,32H,4,8-11H2,1-3H3,(H,29,31). The van der Waals surface area contributed by atoms with Crippen LogP contribution in [0.4, 0.5) is 14.5 Å². The number of thiazole rings is 1. The quantitative estimate of drug-likeness (QED) is 0.413. The molecule has 1 aliphatic carbocycles. The van der Waals surface area contributed by atoms with Gasteiger partial charge in [-0.25, -0.2) is 18.7 Å². The van der Waals surface area contributed by atoms with Crippen LogP contribution in [-0.2, 0) is 5.60 Å². The number of hydrogen-bond donors (Lipinski definition) is 2. The van der Waals surface area contributed by atoms with E-state index in [0.717, 1.165) is 34.0 Å². The zero-order valence-electron chi connectivity index (χ0n) is 19.1. The van der Waals surface area contributed by atoms with E-state index < -0.39 is 23.6 Å². The summed E-state index contributed by atoms with van der Waals surface area (Å²) in [4.78, 5) is 21.4. The van der Waals surface area contributed by atoms with Crippen LogP contribution in [0.1, 0.15) is 92.0 Å². The molecule has 1 aromatic carbocycles. The van der Waals surface area contributed by atoms with E-state index in [0.29, 0.717) is 17.2 Å². The van der Waals surface area contributed by atoms with Crippen molar-refractivity contribution in [3.05, 3.63) is 52.3 Å². The summed E-state index contributed by atoms with van der Waals surface area (Å²) in [5.41, 5.74) is -0.0644. The van der Waals surface area contributed by atoms with Crippen molar-refractivity contribution in [1.82, 2.24) is 9.97 Å². The lowest BCUT2D eigenvalue weighted by molar-refractivity contribution is 0.0794. The summed E-state index contributed by atoms with van der Waals surface area (Å²) in [5.74, 6) is 0.636. The van der Waals surface area contributed by atoms with Gasteiger partial charge in [-0.2, -0.15) is 0 Å². The number of alkyl halides is 2. The van der Waals surface area contributed by atoms with Crippen molar-refractivity contribution >= 4 is 33.1 Å². The number of nitrogens with zero attached hydrogens (tertiary/aromatic N) is 2. The number of nitrogens with one attached hydrogen (secondary N) is 1. The number of amides is 1. The first-order valence-corrected chi connectivity index (χ1v) is 12.2. The summed E-state index contributed by atoms with van der Waals surface area (Å²) in [7, 11) is 0. The molecule has 1 aliphatic rings. The number of halogens is 2. The first-order valence-electron chi connectivity index (χ1n) is 11.4. The van der Waals surface area contributed by atoms with Gasteiger partial charge in [0.05, 0.1) is 20.8 Å². The predicted molar refractivity (Wildman–Crippen MR) is 127 cm³/mol. The fourth-order valence-corrected chi connectivity index (χ4v) is 5.64. The minimum atomic E-state index is -2.76. The van der Waals surface area contributed by atoms with Crippen LogP contribution in [0.15, 0.2) is 30.3 Å². The van der Waals surface area contributed by atoms with Crippen LogP contribution in [-0.4, -0.2) is 21.0 Å². The SMILES string of the molecule is CCC1CCC(c2nc3cc(C(C)(C)O)c(NC(=O)c4cccc(C(F)F)n4)cc3s2)CC1. The molecule has 0 radical (unpaired) electrons. The predicted octanol–water partition coefficient (Wildman–Crippen LogP) is 6.79. The highest BCUT2D eigenvalue weighted by molar-refractivity contribution is 7.18. The highest BCUT2D eigenvalue weighted by atomic mass is 32.1. The van der Waals surface area contributed by atoms with Gasteiger partial charge in [0, 0.05) is 17.2 Å². The third-order valence-electron chi connectivity index (χ3n) is 6.45. The van der Waals surface area contributed by atoms with Gasteiger partial charge < -0.3 is 10.4 Å². The van der Waals surface area contributed by atoms with Crippen molar-refractivity contribution in [3.63, 3.8) is 0 Å².